The highest BCUT2D eigenvalue weighted by atomic mass is 16.5. The lowest BCUT2D eigenvalue weighted by Crippen LogP contribution is -2.02. The molecule has 1 aliphatic rings. The standard InChI is InChI=1S/C14H20O3/c1-12-11-13(14(16)17-12)9-7-5-3-2-4-6-8-10-15/h6-9,11-12,15H,2-5,10H2,1H3/b8-6+,9-7+/t12-/m0/s1. The molecule has 1 atom stereocenters. The minimum absolute atomic E-state index is 0.0919. The number of aliphatic hydroxyl groups excluding tert-OH is 1. The second kappa shape index (κ2) is 7.85. The fourth-order valence-corrected chi connectivity index (χ4v) is 1.64. The zero-order valence-electron chi connectivity index (χ0n) is 10.3. The average molecular weight is 236 g/mol. The van der Waals surface area contributed by atoms with Crippen LogP contribution in [0.2, 0.25) is 0 Å². The average Bonchev–Trinajstić information content (AvgIpc) is 2.61. The molecule has 3 heteroatoms. The zero-order valence-corrected chi connectivity index (χ0v) is 10.3. The van der Waals surface area contributed by atoms with Crippen molar-refractivity contribution in [3.63, 3.8) is 0 Å². The van der Waals surface area contributed by atoms with Gasteiger partial charge >= 0.3 is 5.97 Å². The highest BCUT2D eigenvalue weighted by molar-refractivity contribution is 5.93. The highest BCUT2D eigenvalue weighted by Gasteiger charge is 2.19. The largest absolute Gasteiger partial charge is 0.455 e. The molecule has 0 spiro atoms. The second-order valence-corrected chi connectivity index (χ2v) is 4.07. The molecule has 1 heterocycles. The Morgan fingerprint density at radius 1 is 1.29 bits per heavy atom. The van der Waals surface area contributed by atoms with E-state index in [0.717, 1.165) is 25.7 Å². The van der Waals surface area contributed by atoms with E-state index in [0.29, 0.717) is 5.57 Å². The van der Waals surface area contributed by atoms with Gasteiger partial charge in [0, 0.05) is 0 Å². The molecule has 0 saturated heterocycles. The number of carbonyl (C=O) groups excluding carboxylic acids is 1. The lowest BCUT2D eigenvalue weighted by atomic mass is 10.1. The normalized spacial score (nSPS) is 20.2. The number of aliphatic hydroxyl groups is 1. The van der Waals surface area contributed by atoms with Crippen LogP contribution >= 0.6 is 0 Å². The lowest BCUT2D eigenvalue weighted by Gasteiger charge is -1.96. The predicted molar refractivity (Wildman–Crippen MR) is 67.5 cm³/mol. The third-order valence-electron chi connectivity index (χ3n) is 2.50. The topological polar surface area (TPSA) is 46.5 Å². The van der Waals surface area contributed by atoms with Crippen LogP contribution in [-0.2, 0) is 9.53 Å². The maximum absolute atomic E-state index is 11.2. The number of esters is 1. The van der Waals surface area contributed by atoms with E-state index in [2.05, 4.69) is 0 Å². The summed E-state index contributed by atoms with van der Waals surface area (Å²) in [6.07, 6.45) is 13.5. The van der Waals surface area contributed by atoms with Crippen LogP contribution in [0, 0.1) is 0 Å². The molecule has 3 nitrogen and oxygen atoms in total. The van der Waals surface area contributed by atoms with Crippen LogP contribution in [0.1, 0.15) is 32.6 Å². The molecule has 0 aromatic carbocycles. The van der Waals surface area contributed by atoms with Crippen molar-refractivity contribution in [1.29, 1.82) is 0 Å². The molecule has 0 bridgehead atoms. The molecule has 0 radical (unpaired) electrons. The zero-order chi connectivity index (χ0) is 12.5. The Balaban J connectivity index is 2.12. The molecule has 0 amide bonds. The van der Waals surface area contributed by atoms with Crippen molar-refractivity contribution >= 4 is 5.97 Å². The van der Waals surface area contributed by atoms with Crippen LogP contribution in [0.25, 0.3) is 0 Å². The lowest BCUT2D eigenvalue weighted by molar-refractivity contribution is -0.138. The van der Waals surface area contributed by atoms with Crippen LogP contribution in [0.3, 0.4) is 0 Å². The van der Waals surface area contributed by atoms with Crippen LogP contribution in [0.5, 0.6) is 0 Å². The fourth-order valence-electron chi connectivity index (χ4n) is 1.64. The van der Waals surface area contributed by atoms with E-state index in [1.54, 1.807) is 6.08 Å². The Labute approximate surface area is 102 Å². The van der Waals surface area contributed by atoms with E-state index < -0.39 is 0 Å². The van der Waals surface area contributed by atoms with Crippen molar-refractivity contribution in [1.82, 2.24) is 0 Å². The summed E-state index contributed by atoms with van der Waals surface area (Å²) in [6, 6.07) is 0. The van der Waals surface area contributed by atoms with Gasteiger partial charge in [-0.3, -0.25) is 0 Å². The van der Waals surface area contributed by atoms with Crippen LogP contribution < -0.4 is 0 Å². The number of ether oxygens (including phenoxy) is 1. The predicted octanol–water partition coefficient (Wildman–Crippen LogP) is 2.52. The third kappa shape index (κ3) is 5.50. The van der Waals surface area contributed by atoms with Gasteiger partial charge in [0.2, 0.25) is 0 Å². The van der Waals surface area contributed by atoms with E-state index in [1.807, 2.05) is 31.2 Å². The Bertz CT molecular complexity index is 326. The first kappa shape index (κ1) is 13.7. The first-order chi connectivity index (χ1) is 8.24. The summed E-state index contributed by atoms with van der Waals surface area (Å²) in [5, 5.41) is 8.53. The van der Waals surface area contributed by atoms with E-state index in [-0.39, 0.29) is 18.7 Å². The molecule has 0 aliphatic carbocycles. The molecule has 0 fully saturated rings. The molecule has 94 valence electrons. The van der Waals surface area contributed by atoms with Gasteiger partial charge in [-0.05, 0) is 38.7 Å². The Kier molecular flexibility index (Phi) is 6.33. The van der Waals surface area contributed by atoms with Gasteiger partial charge in [0.25, 0.3) is 0 Å². The highest BCUT2D eigenvalue weighted by Crippen LogP contribution is 2.14. The van der Waals surface area contributed by atoms with Gasteiger partial charge in [0.05, 0.1) is 12.2 Å². The molecule has 1 N–H and O–H groups in total. The van der Waals surface area contributed by atoms with Crippen molar-refractivity contribution < 1.29 is 14.6 Å². The Morgan fingerprint density at radius 2 is 2.00 bits per heavy atom. The summed E-state index contributed by atoms with van der Waals surface area (Å²) in [4.78, 5) is 11.2. The second-order valence-electron chi connectivity index (χ2n) is 4.07. The van der Waals surface area contributed by atoms with Crippen LogP contribution in [0.15, 0.2) is 36.0 Å². The summed E-state index contributed by atoms with van der Waals surface area (Å²) in [5.41, 5.74) is 0.665. The molecule has 1 rings (SSSR count). The number of hydrogen-bond donors (Lipinski definition) is 1. The number of unbranched alkanes of at least 4 members (excludes halogenated alkanes) is 3. The van der Waals surface area contributed by atoms with Crippen molar-refractivity contribution in [2.24, 2.45) is 0 Å². The first-order valence-electron chi connectivity index (χ1n) is 6.09. The van der Waals surface area contributed by atoms with Gasteiger partial charge < -0.3 is 9.84 Å². The van der Waals surface area contributed by atoms with Crippen molar-refractivity contribution in [3.05, 3.63) is 36.0 Å². The van der Waals surface area contributed by atoms with Crippen LogP contribution in [0.4, 0.5) is 0 Å². The van der Waals surface area contributed by atoms with Crippen molar-refractivity contribution in [2.45, 2.75) is 38.7 Å². The number of hydrogen-bond acceptors (Lipinski definition) is 3. The number of carbonyl (C=O) groups is 1. The minimum atomic E-state index is -0.223. The van der Waals surface area contributed by atoms with Gasteiger partial charge in [-0.1, -0.05) is 24.3 Å². The molecular formula is C14H20O3. The van der Waals surface area contributed by atoms with E-state index in [1.165, 1.54) is 0 Å². The number of rotatable bonds is 7. The summed E-state index contributed by atoms with van der Waals surface area (Å²) in [6.45, 7) is 1.97. The summed E-state index contributed by atoms with van der Waals surface area (Å²) in [7, 11) is 0. The van der Waals surface area contributed by atoms with Gasteiger partial charge in [0.1, 0.15) is 6.10 Å². The van der Waals surface area contributed by atoms with Gasteiger partial charge in [-0.2, -0.15) is 0 Å². The monoisotopic (exact) mass is 236 g/mol. The minimum Gasteiger partial charge on any atom is -0.455 e. The molecule has 1 aliphatic heterocycles. The Hall–Kier alpha value is -1.35. The SMILES string of the molecule is C[C@H]1C=C(/C=C/CCCC/C=C/CO)C(=O)O1. The van der Waals surface area contributed by atoms with Crippen molar-refractivity contribution in [3.8, 4) is 0 Å². The third-order valence-corrected chi connectivity index (χ3v) is 2.50. The van der Waals surface area contributed by atoms with E-state index in [4.69, 9.17) is 9.84 Å². The smallest absolute Gasteiger partial charge is 0.338 e. The van der Waals surface area contributed by atoms with Crippen LogP contribution in [-0.4, -0.2) is 23.8 Å². The maximum Gasteiger partial charge on any atom is 0.338 e. The molecule has 0 unspecified atom stereocenters. The molecule has 0 aromatic rings. The summed E-state index contributed by atoms with van der Waals surface area (Å²) >= 11 is 0. The Morgan fingerprint density at radius 3 is 2.59 bits per heavy atom. The fraction of sp³-hybridized carbons (Fsp3) is 0.500. The van der Waals surface area contributed by atoms with Gasteiger partial charge in [-0.15, -0.1) is 0 Å². The van der Waals surface area contributed by atoms with Gasteiger partial charge in [0.15, 0.2) is 0 Å². The summed E-state index contributed by atoms with van der Waals surface area (Å²) in [5.74, 6) is -0.223. The first-order valence-corrected chi connectivity index (χ1v) is 6.09. The van der Waals surface area contributed by atoms with Gasteiger partial charge in [-0.25, -0.2) is 4.79 Å². The number of cyclic esters (lactones) is 1. The van der Waals surface area contributed by atoms with E-state index >= 15 is 0 Å². The maximum atomic E-state index is 11.2. The number of allylic oxidation sites excluding steroid dienone is 2. The quantitative estimate of drug-likeness (QED) is 0.420. The molecular weight excluding hydrogens is 216 g/mol. The molecule has 17 heavy (non-hydrogen) atoms. The molecule has 0 aromatic heterocycles. The van der Waals surface area contributed by atoms with Crippen molar-refractivity contribution in [2.75, 3.05) is 6.61 Å². The molecule has 0 saturated carbocycles. The summed E-state index contributed by atoms with van der Waals surface area (Å²) < 4.78 is 4.98. The van der Waals surface area contributed by atoms with E-state index in [9.17, 15) is 4.79 Å².